The highest BCUT2D eigenvalue weighted by molar-refractivity contribution is 5.40. The Morgan fingerprint density at radius 2 is 2.15 bits per heavy atom. The molecule has 108 valence electrons. The van der Waals surface area contributed by atoms with Crippen LogP contribution in [-0.2, 0) is 11.2 Å². The Hall–Kier alpha value is -1.06. The number of ether oxygens (including phenoxy) is 2. The van der Waals surface area contributed by atoms with Gasteiger partial charge in [0.15, 0.2) is 0 Å². The molecule has 3 aliphatic rings. The molecule has 2 fully saturated rings. The van der Waals surface area contributed by atoms with Gasteiger partial charge in [-0.3, -0.25) is 0 Å². The number of morpholine rings is 1. The van der Waals surface area contributed by atoms with Crippen LogP contribution in [0.2, 0.25) is 0 Å². The monoisotopic (exact) mass is 273 g/mol. The number of fused-ring (bicyclic) bond motifs is 3. The highest BCUT2D eigenvalue weighted by Gasteiger charge is 2.45. The summed E-state index contributed by atoms with van der Waals surface area (Å²) in [7, 11) is 1.74. The molecule has 0 bridgehead atoms. The lowest BCUT2D eigenvalue weighted by Crippen LogP contribution is -2.55. The lowest BCUT2D eigenvalue weighted by atomic mass is 9.83. The van der Waals surface area contributed by atoms with Crippen LogP contribution in [0.5, 0.6) is 5.75 Å². The van der Waals surface area contributed by atoms with Crippen molar-refractivity contribution in [2.24, 2.45) is 0 Å². The van der Waals surface area contributed by atoms with Gasteiger partial charge < -0.3 is 14.8 Å². The zero-order valence-electron chi connectivity index (χ0n) is 12.2. The molecule has 0 amide bonds. The number of benzene rings is 1. The minimum atomic E-state index is 0.0961. The lowest BCUT2D eigenvalue weighted by molar-refractivity contribution is -0.138. The Morgan fingerprint density at radius 3 is 2.95 bits per heavy atom. The molecule has 0 radical (unpaired) electrons. The molecular formula is C17H23NO2. The summed E-state index contributed by atoms with van der Waals surface area (Å²) in [5, 5.41) is 3.77. The fourth-order valence-electron chi connectivity index (χ4n) is 4.17. The normalized spacial score (nSPS) is 30.9. The van der Waals surface area contributed by atoms with Crippen LogP contribution in [0.1, 0.15) is 49.3 Å². The van der Waals surface area contributed by atoms with Gasteiger partial charge in [0.05, 0.1) is 18.8 Å². The van der Waals surface area contributed by atoms with E-state index in [0.29, 0.717) is 6.04 Å². The van der Waals surface area contributed by atoms with E-state index in [1.54, 1.807) is 7.11 Å². The largest absolute Gasteiger partial charge is 0.497 e. The van der Waals surface area contributed by atoms with E-state index in [0.717, 1.165) is 18.7 Å². The molecule has 2 atom stereocenters. The van der Waals surface area contributed by atoms with Crippen molar-refractivity contribution in [1.82, 2.24) is 5.32 Å². The summed E-state index contributed by atoms with van der Waals surface area (Å²) >= 11 is 0. The van der Waals surface area contributed by atoms with Crippen LogP contribution in [0.15, 0.2) is 18.2 Å². The summed E-state index contributed by atoms with van der Waals surface area (Å²) in [5.41, 5.74) is 2.88. The molecule has 20 heavy (non-hydrogen) atoms. The van der Waals surface area contributed by atoms with E-state index in [1.807, 2.05) is 0 Å². The van der Waals surface area contributed by atoms with Crippen LogP contribution in [0.3, 0.4) is 0 Å². The molecule has 3 nitrogen and oxygen atoms in total. The van der Waals surface area contributed by atoms with E-state index in [-0.39, 0.29) is 11.7 Å². The highest BCUT2D eigenvalue weighted by atomic mass is 16.5. The number of methoxy groups -OCH3 is 1. The molecule has 3 heteroatoms. The van der Waals surface area contributed by atoms with Gasteiger partial charge >= 0.3 is 0 Å². The lowest BCUT2D eigenvalue weighted by Gasteiger charge is -2.46. The summed E-state index contributed by atoms with van der Waals surface area (Å²) in [6.07, 6.45) is 7.57. The molecule has 1 saturated carbocycles. The Balaban J connectivity index is 1.69. The molecule has 1 heterocycles. The van der Waals surface area contributed by atoms with Gasteiger partial charge in [-0.15, -0.1) is 0 Å². The summed E-state index contributed by atoms with van der Waals surface area (Å²) < 4.78 is 12.0. The maximum absolute atomic E-state index is 6.65. The number of aryl methyl sites for hydroxylation is 1. The van der Waals surface area contributed by atoms with Gasteiger partial charge in [0, 0.05) is 12.6 Å². The predicted molar refractivity (Wildman–Crippen MR) is 78.1 cm³/mol. The first-order valence-corrected chi connectivity index (χ1v) is 7.88. The Labute approximate surface area is 120 Å². The first-order valence-electron chi connectivity index (χ1n) is 7.88. The Morgan fingerprint density at radius 1 is 1.30 bits per heavy atom. The molecule has 1 aliphatic heterocycles. The smallest absolute Gasteiger partial charge is 0.119 e. The number of hydrogen-bond acceptors (Lipinski definition) is 3. The minimum absolute atomic E-state index is 0.0961. The Bertz CT molecular complexity index is 508. The van der Waals surface area contributed by atoms with Crippen molar-refractivity contribution in [3.05, 3.63) is 29.3 Å². The molecular weight excluding hydrogens is 250 g/mol. The van der Waals surface area contributed by atoms with Crippen LogP contribution >= 0.6 is 0 Å². The SMILES string of the molecule is COc1ccc2c(c1)C1OC3(CCCC3)CNC1CC2. The first kappa shape index (κ1) is 12.7. The van der Waals surface area contributed by atoms with Gasteiger partial charge in [-0.05, 0) is 48.9 Å². The molecule has 1 saturated heterocycles. The van der Waals surface area contributed by atoms with Gasteiger partial charge in [-0.25, -0.2) is 0 Å². The van der Waals surface area contributed by atoms with E-state index in [2.05, 4.69) is 23.5 Å². The Kier molecular flexibility index (Phi) is 3.00. The zero-order chi connectivity index (χ0) is 13.6. The summed E-state index contributed by atoms with van der Waals surface area (Å²) in [5.74, 6) is 0.944. The van der Waals surface area contributed by atoms with Crippen LogP contribution in [0.25, 0.3) is 0 Å². The summed E-state index contributed by atoms with van der Waals surface area (Å²) in [4.78, 5) is 0. The second-order valence-corrected chi connectivity index (χ2v) is 6.52. The fourth-order valence-corrected chi connectivity index (χ4v) is 4.17. The highest BCUT2D eigenvalue weighted by Crippen LogP contribution is 2.45. The molecule has 1 spiro atoms. The topological polar surface area (TPSA) is 30.5 Å². The first-order chi connectivity index (χ1) is 9.80. The van der Waals surface area contributed by atoms with Gasteiger partial charge in [0.2, 0.25) is 0 Å². The molecule has 1 aromatic carbocycles. The van der Waals surface area contributed by atoms with E-state index < -0.39 is 0 Å². The second kappa shape index (κ2) is 4.74. The van der Waals surface area contributed by atoms with E-state index in [4.69, 9.17) is 9.47 Å². The molecule has 2 aliphatic carbocycles. The van der Waals surface area contributed by atoms with Crippen molar-refractivity contribution >= 4 is 0 Å². The van der Waals surface area contributed by atoms with E-state index in [1.165, 1.54) is 43.2 Å². The third-order valence-electron chi connectivity index (χ3n) is 5.33. The quantitative estimate of drug-likeness (QED) is 0.853. The minimum Gasteiger partial charge on any atom is -0.497 e. The number of rotatable bonds is 1. The molecule has 2 unspecified atom stereocenters. The van der Waals surface area contributed by atoms with E-state index >= 15 is 0 Å². The van der Waals surface area contributed by atoms with Crippen LogP contribution < -0.4 is 10.1 Å². The van der Waals surface area contributed by atoms with Crippen molar-refractivity contribution in [2.45, 2.75) is 56.3 Å². The van der Waals surface area contributed by atoms with Gasteiger partial charge in [0.25, 0.3) is 0 Å². The zero-order valence-corrected chi connectivity index (χ0v) is 12.2. The van der Waals surface area contributed by atoms with Gasteiger partial charge in [-0.1, -0.05) is 18.9 Å². The van der Waals surface area contributed by atoms with Crippen molar-refractivity contribution in [3.8, 4) is 5.75 Å². The van der Waals surface area contributed by atoms with Crippen molar-refractivity contribution in [2.75, 3.05) is 13.7 Å². The molecule has 1 N–H and O–H groups in total. The van der Waals surface area contributed by atoms with Gasteiger partial charge in [0.1, 0.15) is 5.75 Å². The third kappa shape index (κ3) is 1.95. The van der Waals surface area contributed by atoms with Crippen molar-refractivity contribution in [1.29, 1.82) is 0 Å². The second-order valence-electron chi connectivity index (χ2n) is 6.52. The van der Waals surface area contributed by atoms with Crippen molar-refractivity contribution < 1.29 is 9.47 Å². The molecule has 0 aromatic heterocycles. The third-order valence-corrected chi connectivity index (χ3v) is 5.33. The molecule has 4 rings (SSSR count). The van der Waals surface area contributed by atoms with Crippen LogP contribution in [0, 0.1) is 0 Å². The van der Waals surface area contributed by atoms with Crippen molar-refractivity contribution in [3.63, 3.8) is 0 Å². The maximum atomic E-state index is 6.65. The summed E-state index contributed by atoms with van der Waals surface area (Å²) in [6.45, 7) is 1.04. The summed E-state index contributed by atoms with van der Waals surface area (Å²) in [6, 6.07) is 6.94. The van der Waals surface area contributed by atoms with E-state index in [9.17, 15) is 0 Å². The fraction of sp³-hybridized carbons (Fsp3) is 0.647. The average molecular weight is 273 g/mol. The predicted octanol–water partition coefficient (Wildman–Crippen LogP) is 2.98. The number of hydrogen-bond donors (Lipinski definition) is 1. The van der Waals surface area contributed by atoms with Gasteiger partial charge in [-0.2, -0.15) is 0 Å². The standard InChI is InChI=1S/C17H23NO2/c1-19-13-6-4-12-5-7-15-16(14(12)10-13)20-17(11-18-15)8-2-3-9-17/h4,6,10,15-16,18H,2-3,5,7-9,11H2,1H3. The number of nitrogens with one attached hydrogen (secondary N) is 1. The van der Waals surface area contributed by atoms with Crippen LogP contribution in [-0.4, -0.2) is 25.3 Å². The van der Waals surface area contributed by atoms with Crippen LogP contribution in [0.4, 0.5) is 0 Å². The maximum Gasteiger partial charge on any atom is 0.119 e. The molecule has 1 aromatic rings. The average Bonchev–Trinajstić information content (AvgIpc) is 2.94.